The summed E-state index contributed by atoms with van der Waals surface area (Å²) in [6, 6.07) is 30.7. The van der Waals surface area contributed by atoms with Crippen LogP contribution < -0.4 is 0 Å². The van der Waals surface area contributed by atoms with Crippen molar-refractivity contribution in [3.05, 3.63) is 108 Å². The van der Waals surface area contributed by atoms with Gasteiger partial charge in [0.2, 0.25) is 0 Å². The molecule has 0 N–H and O–H groups in total. The Bertz CT molecular complexity index is 1080. The maximum Gasteiger partial charge on any atom is 0.410 e. The second kappa shape index (κ2) is 13.0. The highest BCUT2D eigenvalue weighted by atomic mass is 32.2. The molecule has 1 saturated heterocycles. The molecule has 38 heavy (non-hydrogen) atoms. The predicted molar refractivity (Wildman–Crippen MR) is 152 cm³/mol. The van der Waals surface area contributed by atoms with Crippen molar-refractivity contribution in [1.82, 2.24) is 9.96 Å². The Morgan fingerprint density at radius 2 is 1.42 bits per heavy atom. The first kappa shape index (κ1) is 27.7. The minimum atomic E-state index is -0.661. The summed E-state index contributed by atoms with van der Waals surface area (Å²) in [5.74, 6) is -0.257. The average Bonchev–Trinajstić information content (AvgIpc) is 3.40. The second-order valence-electron chi connectivity index (χ2n) is 9.41. The summed E-state index contributed by atoms with van der Waals surface area (Å²) in [4.78, 5) is 33.2. The summed E-state index contributed by atoms with van der Waals surface area (Å²) in [6.45, 7) is 2.79. The number of thioether (sulfide) groups is 1. The molecule has 3 aromatic rings. The number of nitrogens with zero attached hydrogens (tertiary/aromatic N) is 2. The number of likely N-dealkylation sites (tertiary alicyclic amines) is 1. The molecule has 2 unspecified atom stereocenters. The number of unbranched alkanes of at least 4 members (excludes halogenated alkanes) is 1. The molecule has 3 aromatic carbocycles. The Morgan fingerprint density at radius 3 is 1.87 bits per heavy atom. The summed E-state index contributed by atoms with van der Waals surface area (Å²) in [6.07, 6.45) is 1.75. The Morgan fingerprint density at radius 1 is 0.921 bits per heavy atom. The Balaban J connectivity index is 1.75. The van der Waals surface area contributed by atoms with Crippen LogP contribution in [-0.4, -0.2) is 60.6 Å². The van der Waals surface area contributed by atoms with Gasteiger partial charge >= 0.3 is 6.09 Å². The molecule has 0 spiro atoms. The van der Waals surface area contributed by atoms with Crippen LogP contribution in [0.3, 0.4) is 0 Å². The lowest BCUT2D eigenvalue weighted by Crippen LogP contribution is -2.46. The molecule has 1 aliphatic rings. The van der Waals surface area contributed by atoms with Crippen molar-refractivity contribution in [2.75, 3.05) is 27.3 Å². The number of hydrogen-bond donors (Lipinski definition) is 0. The van der Waals surface area contributed by atoms with Gasteiger partial charge in [-0.25, -0.2) is 9.86 Å². The zero-order valence-electron chi connectivity index (χ0n) is 22.3. The van der Waals surface area contributed by atoms with Gasteiger partial charge in [-0.1, -0.05) is 104 Å². The molecule has 2 amide bonds. The van der Waals surface area contributed by atoms with E-state index in [1.165, 1.54) is 12.2 Å². The van der Waals surface area contributed by atoms with Gasteiger partial charge in [-0.15, -0.1) is 11.8 Å². The van der Waals surface area contributed by atoms with Crippen molar-refractivity contribution in [2.24, 2.45) is 0 Å². The molecule has 0 radical (unpaired) electrons. The van der Waals surface area contributed by atoms with Crippen LogP contribution in [-0.2, 0) is 19.1 Å². The lowest BCUT2D eigenvalue weighted by molar-refractivity contribution is -0.173. The van der Waals surface area contributed by atoms with Crippen molar-refractivity contribution < 1.29 is 19.2 Å². The molecule has 1 fully saturated rings. The first-order chi connectivity index (χ1) is 18.5. The van der Waals surface area contributed by atoms with E-state index in [4.69, 9.17) is 9.57 Å². The molecule has 6 nitrogen and oxygen atoms in total. The van der Waals surface area contributed by atoms with E-state index in [0.717, 1.165) is 29.5 Å². The molecule has 1 aliphatic heterocycles. The average molecular weight is 533 g/mol. The van der Waals surface area contributed by atoms with E-state index in [-0.39, 0.29) is 11.2 Å². The summed E-state index contributed by atoms with van der Waals surface area (Å²) in [5.41, 5.74) is 3.43. The number of hydrogen-bond acceptors (Lipinski definition) is 5. The third-order valence-corrected chi connectivity index (χ3v) is 8.71. The van der Waals surface area contributed by atoms with E-state index in [9.17, 15) is 9.59 Å². The van der Waals surface area contributed by atoms with Gasteiger partial charge in [0.15, 0.2) is 0 Å². The van der Waals surface area contributed by atoms with Crippen molar-refractivity contribution >= 4 is 23.8 Å². The lowest BCUT2D eigenvalue weighted by Gasteiger charge is -2.37. The number of benzene rings is 3. The minimum absolute atomic E-state index is 0.0338. The molecule has 0 bridgehead atoms. The third kappa shape index (κ3) is 5.89. The van der Waals surface area contributed by atoms with E-state index in [2.05, 4.69) is 72.8 Å². The fourth-order valence-electron chi connectivity index (χ4n) is 4.98. The number of carbonyl (C=O) groups excluding carboxylic acids is 2. The standard InChI is InChI=1S/C31H36N2O4S/c1-4-5-21-37-30(35)33-23-27(22-28(33)29(34)32(2)36-3)38-31(24-15-9-6-10-16-24,25-17-11-7-12-18-25)26-19-13-8-14-20-26/h6-20,27-28H,4-5,21-23H2,1-3H3. The van der Waals surface area contributed by atoms with Crippen molar-refractivity contribution in [3.63, 3.8) is 0 Å². The van der Waals surface area contributed by atoms with Gasteiger partial charge in [0.1, 0.15) is 6.04 Å². The number of rotatable bonds is 10. The molecule has 2 atom stereocenters. The maximum absolute atomic E-state index is 13.3. The Kier molecular flexibility index (Phi) is 9.48. The molecule has 4 rings (SSSR count). The molecule has 1 heterocycles. The molecule has 7 heteroatoms. The zero-order chi connectivity index (χ0) is 27.0. The second-order valence-corrected chi connectivity index (χ2v) is 10.9. The number of hydroxylamine groups is 2. The SMILES string of the molecule is CCCCOC(=O)N1CC(SC(c2ccccc2)(c2ccccc2)c2ccccc2)CC1C(=O)N(C)OC. The van der Waals surface area contributed by atoms with Crippen molar-refractivity contribution in [1.29, 1.82) is 0 Å². The quantitative estimate of drug-likeness (QED) is 0.179. The first-order valence-electron chi connectivity index (χ1n) is 13.1. The summed E-state index contributed by atoms with van der Waals surface area (Å²) >= 11 is 1.79. The fourth-order valence-corrected chi connectivity index (χ4v) is 6.81. The minimum Gasteiger partial charge on any atom is -0.449 e. The van der Waals surface area contributed by atoms with Gasteiger partial charge in [0.25, 0.3) is 5.91 Å². The van der Waals surface area contributed by atoms with E-state index in [1.807, 2.05) is 25.1 Å². The normalized spacial score (nSPS) is 17.3. The van der Waals surface area contributed by atoms with Gasteiger partial charge in [-0.3, -0.25) is 14.5 Å². The van der Waals surface area contributed by atoms with Crippen LogP contribution in [0.4, 0.5) is 4.79 Å². The summed E-state index contributed by atoms with van der Waals surface area (Å²) < 4.78 is 5.01. The van der Waals surface area contributed by atoms with Gasteiger partial charge in [-0.2, -0.15) is 0 Å². The van der Waals surface area contributed by atoms with Crippen LogP contribution in [0, 0.1) is 0 Å². The predicted octanol–water partition coefficient (Wildman–Crippen LogP) is 6.11. The van der Waals surface area contributed by atoms with Gasteiger partial charge in [-0.05, 0) is 29.5 Å². The van der Waals surface area contributed by atoms with Crippen LogP contribution in [0.15, 0.2) is 91.0 Å². The number of amides is 2. The van der Waals surface area contributed by atoms with Gasteiger partial charge in [0.05, 0.1) is 18.5 Å². The van der Waals surface area contributed by atoms with Gasteiger partial charge < -0.3 is 4.74 Å². The molecule has 0 aromatic heterocycles. The van der Waals surface area contributed by atoms with Crippen LogP contribution in [0.25, 0.3) is 0 Å². The highest BCUT2D eigenvalue weighted by Crippen LogP contribution is 2.52. The van der Waals surface area contributed by atoms with Crippen LogP contribution in [0.2, 0.25) is 0 Å². The molecular formula is C31H36N2O4S. The first-order valence-corrected chi connectivity index (χ1v) is 14.0. The van der Waals surface area contributed by atoms with E-state index in [0.29, 0.717) is 19.6 Å². The Hall–Kier alpha value is -3.29. The van der Waals surface area contributed by atoms with E-state index >= 15 is 0 Å². The summed E-state index contributed by atoms with van der Waals surface area (Å²) in [7, 11) is 3.03. The van der Waals surface area contributed by atoms with Crippen LogP contribution in [0.1, 0.15) is 42.9 Å². The van der Waals surface area contributed by atoms with Crippen molar-refractivity contribution in [3.8, 4) is 0 Å². The topological polar surface area (TPSA) is 59.1 Å². The fraction of sp³-hybridized carbons (Fsp3) is 0.355. The molecule has 0 aliphatic carbocycles. The highest BCUT2D eigenvalue weighted by Gasteiger charge is 2.47. The number of likely N-dealkylation sites (N-methyl/N-ethyl adjacent to an activating group) is 1. The van der Waals surface area contributed by atoms with Gasteiger partial charge in [0, 0.05) is 18.8 Å². The molecular weight excluding hydrogens is 496 g/mol. The zero-order valence-corrected chi connectivity index (χ0v) is 23.1. The van der Waals surface area contributed by atoms with Crippen LogP contribution >= 0.6 is 11.8 Å². The lowest BCUT2D eigenvalue weighted by atomic mass is 9.84. The largest absolute Gasteiger partial charge is 0.449 e. The molecule has 0 saturated carbocycles. The van der Waals surface area contributed by atoms with E-state index in [1.54, 1.807) is 23.7 Å². The van der Waals surface area contributed by atoms with E-state index < -0.39 is 16.9 Å². The van der Waals surface area contributed by atoms with Crippen molar-refractivity contribution in [2.45, 2.75) is 42.2 Å². The highest BCUT2D eigenvalue weighted by molar-refractivity contribution is 8.01. The summed E-state index contributed by atoms with van der Waals surface area (Å²) in [5, 5.41) is 1.16. The molecule has 200 valence electrons. The van der Waals surface area contributed by atoms with Crippen LogP contribution in [0.5, 0.6) is 0 Å². The number of ether oxygens (including phenoxy) is 1. The smallest absolute Gasteiger partial charge is 0.410 e. The third-order valence-electron chi connectivity index (χ3n) is 6.97. The number of carbonyl (C=O) groups is 2. The maximum atomic E-state index is 13.3. The Labute approximate surface area is 229 Å². The monoisotopic (exact) mass is 532 g/mol.